The lowest BCUT2D eigenvalue weighted by Gasteiger charge is -2.19. The Balaban J connectivity index is 1.99. The Morgan fingerprint density at radius 2 is 1.96 bits per heavy atom. The number of rotatable bonds is 4. The first-order valence-electron chi connectivity index (χ1n) is 7.53. The predicted octanol–water partition coefficient (Wildman–Crippen LogP) is 3.93. The van der Waals surface area contributed by atoms with E-state index in [1.165, 1.54) is 30.3 Å². The van der Waals surface area contributed by atoms with Crippen molar-refractivity contribution in [1.29, 1.82) is 5.26 Å². The van der Waals surface area contributed by atoms with Crippen molar-refractivity contribution in [2.24, 2.45) is 0 Å². The Kier molecular flexibility index (Phi) is 4.45. The Morgan fingerprint density at radius 1 is 1.19 bits per heavy atom. The summed E-state index contributed by atoms with van der Waals surface area (Å²) in [6, 6.07) is 11.2. The van der Waals surface area contributed by atoms with Crippen LogP contribution in [-0.2, 0) is 6.54 Å². The zero-order valence-electron chi connectivity index (χ0n) is 13.6. The van der Waals surface area contributed by atoms with E-state index in [-0.39, 0.29) is 17.8 Å². The van der Waals surface area contributed by atoms with Crippen LogP contribution in [0.4, 0.5) is 20.3 Å². The number of non-ortho nitro benzene ring substituents is 1. The second-order valence-electron chi connectivity index (χ2n) is 5.70. The van der Waals surface area contributed by atoms with E-state index in [0.717, 1.165) is 12.1 Å². The molecule has 0 unspecified atom stereocenters. The fraction of sp³-hybridized carbons (Fsp3) is 0.111. The number of benzene rings is 2. The van der Waals surface area contributed by atoms with Crippen molar-refractivity contribution in [3.05, 3.63) is 75.3 Å². The number of aromatic nitrogens is 1. The Bertz CT molecular complexity index is 1060. The van der Waals surface area contributed by atoms with Gasteiger partial charge >= 0.3 is 0 Å². The Labute approximate surface area is 147 Å². The van der Waals surface area contributed by atoms with Gasteiger partial charge in [-0.15, -0.1) is 0 Å². The van der Waals surface area contributed by atoms with Crippen LogP contribution in [0.25, 0.3) is 10.9 Å². The predicted molar refractivity (Wildman–Crippen MR) is 91.6 cm³/mol. The molecule has 8 heteroatoms. The van der Waals surface area contributed by atoms with Crippen LogP contribution in [0.5, 0.6) is 0 Å². The zero-order valence-corrected chi connectivity index (χ0v) is 13.6. The first kappa shape index (κ1) is 17.2. The van der Waals surface area contributed by atoms with E-state index in [1.54, 1.807) is 11.9 Å². The summed E-state index contributed by atoms with van der Waals surface area (Å²) in [4.78, 5) is 16.5. The van der Waals surface area contributed by atoms with Crippen LogP contribution in [-0.4, -0.2) is 17.0 Å². The summed E-state index contributed by atoms with van der Waals surface area (Å²) in [6.07, 6.45) is 0. The minimum absolute atomic E-state index is 0.126. The number of nitrogens with zero attached hydrogens (tertiary/aromatic N) is 4. The second kappa shape index (κ2) is 6.72. The summed E-state index contributed by atoms with van der Waals surface area (Å²) >= 11 is 0. The molecule has 3 rings (SSSR count). The van der Waals surface area contributed by atoms with Gasteiger partial charge in [0.25, 0.3) is 5.69 Å². The van der Waals surface area contributed by atoms with E-state index in [1.807, 2.05) is 6.07 Å². The molecular weight excluding hydrogens is 342 g/mol. The highest BCUT2D eigenvalue weighted by Crippen LogP contribution is 2.26. The van der Waals surface area contributed by atoms with E-state index in [4.69, 9.17) is 0 Å². The van der Waals surface area contributed by atoms with E-state index in [2.05, 4.69) is 4.98 Å². The molecule has 26 heavy (non-hydrogen) atoms. The van der Waals surface area contributed by atoms with Gasteiger partial charge in [-0.3, -0.25) is 10.1 Å². The molecule has 0 aliphatic heterocycles. The van der Waals surface area contributed by atoms with Crippen LogP contribution in [0.3, 0.4) is 0 Å². The Morgan fingerprint density at radius 3 is 2.62 bits per heavy atom. The number of hydrogen-bond acceptors (Lipinski definition) is 5. The number of nitro groups is 1. The first-order valence-corrected chi connectivity index (χ1v) is 7.53. The fourth-order valence-electron chi connectivity index (χ4n) is 2.59. The van der Waals surface area contributed by atoms with Crippen LogP contribution in [0.2, 0.25) is 0 Å². The standard InChI is InChI=1S/C18H12F2N4O2/c1-23(10-11-2-4-15(19)16(20)6-11)18-7-12(9-21)14-8-13(24(25)26)3-5-17(14)22-18/h2-8H,10H2,1H3. The largest absolute Gasteiger partial charge is 0.355 e. The molecule has 0 N–H and O–H groups in total. The molecule has 0 spiro atoms. The quantitative estimate of drug-likeness (QED) is 0.524. The molecule has 0 atom stereocenters. The molecule has 0 radical (unpaired) electrons. The zero-order chi connectivity index (χ0) is 18.8. The molecule has 0 saturated heterocycles. The molecule has 6 nitrogen and oxygen atoms in total. The first-order chi connectivity index (χ1) is 12.4. The van der Waals surface area contributed by atoms with Crippen LogP contribution in [0.15, 0.2) is 42.5 Å². The number of anilines is 1. The number of nitriles is 1. The highest BCUT2D eigenvalue weighted by molar-refractivity contribution is 5.88. The number of hydrogen-bond donors (Lipinski definition) is 0. The molecule has 1 aromatic heterocycles. The molecule has 0 aliphatic rings. The SMILES string of the molecule is CN(Cc1ccc(F)c(F)c1)c1cc(C#N)c2cc([N+](=O)[O-])ccc2n1. The minimum atomic E-state index is -0.938. The minimum Gasteiger partial charge on any atom is -0.355 e. The van der Waals surface area contributed by atoms with Crippen molar-refractivity contribution in [3.8, 4) is 6.07 Å². The van der Waals surface area contributed by atoms with E-state index >= 15 is 0 Å². The van der Waals surface area contributed by atoms with Crippen molar-refractivity contribution in [2.45, 2.75) is 6.54 Å². The van der Waals surface area contributed by atoms with Gasteiger partial charge in [-0.1, -0.05) is 6.07 Å². The number of halogens is 2. The second-order valence-corrected chi connectivity index (χ2v) is 5.70. The van der Waals surface area contributed by atoms with Gasteiger partial charge in [0.15, 0.2) is 11.6 Å². The molecule has 130 valence electrons. The topological polar surface area (TPSA) is 83.1 Å². The molecule has 3 aromatic rings. The lowest BCUT2D eigenvalue weighted by Crippen LogP contribution is -2.18. The smallest absolute Gasteiger partial charge is 0.270 e. The van der Waals surface area contributed by atoms with Crippen LogP contribution in [0, 0.1) is 33.1 Å². The van der Waals surface area contributed by atoms with Crippen LogP contribution < -0.4 is 4.90 Å². The highest BCUT2D eigenvalue weighted by atomic mass is 19.2. The van der Waals surface area contributed by atoms with E-state index in [0.29, 0.717) is 22.3 Å². The normalized spacial score (nSPS) is 10.5. The lowest BCUT2D eigenvalue weighted by atomic mass is 10.1. The van der Waals surface area contributed by atoms with Gasteiger partial charge < -0.3 is 4.90 Å². The molecule has 0 fully saturated rings. The molecule has 0 aliphatic carbocycles. The molecule has 0 saturated carbocycles. The average Bonchev–Trinajstić information content (AvgIpc) is 2.63. The molecule has 2 aromatic carbocycles. The van der Waals surface area contributed by atoms with Crippen molar-refractivity contribution < 1.29 is 13.7 Å². The van der Waals surface area contributed by atoms with Crippen LogP contribution in [0.1, 0.15) is 11.1 Å². The van der Waals surface area contributed by atoms with Crippen molar-refractivity contribution in [2.75, 3.05) is 11.9 Å². The lowest BCUT2D eigenvalue weighted by molar-refractivity contribution is -0.384. The van der Waals surface area contributed by atoms with Gasteiger partial charge in [-0.25, -0.2) is 13.8 Å². The third-order valence-electron chi connectivity index (χ3n) is 3.90. The van der Waals surface area contributed by atoms with Gasteiger partial charge in [0.05, 0.1) is 22.1 Å². The molecular formula is C18H12F2N4O2. The van der Waals surface area contributed by atoms with Gasteiger partial charge in [0.2, 0.25) is 0 Å². The maximum atomic E-state index is 13.4. The van der Waals surface area contributed by atoms with Crippen molar-refractivity contribution >= 4 is 22.4 Å². The summed E-state index contributed by atoms with van der Waals surface area (Å²) in [5.41, 5.74) is 1.09. The fourth-order valence-corrected chi connectivity index (χ4v) is 2.59. The maximum Gasteiger partial charge on any atom is 0.270 e. The van der Waals surface area contributed by atoms with Crippen molar-refractivity contribution in [1.82, 2.24) is 4.98 Å². The van der Waals surface area contributed by atoms with Crippen LogP contribution >= 0.6 is 0 Å². The summed E-state index contributed by atoms with van der Waals surface area (Å²) < 4.78 is 26.4. The number of pyridine rings is 1. The van der Waals surface area contributed by atoms with Gasteiger partial charge in [0.1, 0.15) is 5.82 Å². The summed E-state index contributed by atoms with van der Waals surface area (Å²) in [7, 11) is 1.70. The van der Waals surface area contributed by atoms with E-state index in [9.17, 15) is 24.2 Å². The third kappa shape index (κ3) is 3.28. The summed E-state index contributed by atoms with van der Waals surface area (Å²) in [6.45, 7) is 0.244. The summed E-state index contributed by atoms with van der Waals surface area (Å²) in [5.74, 6) is -1.42. The maximum absolute atomic E-state index is 13.4. The van der Waals surface area contributed by atoms with Gasteiger partial charge in [-0.2, -0.15) is 5.26 Å². The number of fused-ring (bicyclic) bond motifs is 1. The third-order valence-corrected chi connectivity index (χ3v) is 3.90. The molecule has 1 heterocycles. The van der Waals surface area contributed by atoms with Gasteiger partial charge in [0, 0.05) is 31.1 Å². The molecule has 0 amide bonds. The Hall–Kier alpha value is -3.60. The summed E-state index contributed by atoms with van der Waals surface area (Å²) in [5, 5.41) is 20.7. The average molecular weight is 354 g/mol. The van der Waals surface area contributed by atoms with Gasteiger partial charge in [-0.05, 0) is 29.8 Å². The molecule has 0 bridgehead atoms. The monoisotopic (exact) mass is 354 g/mol. The number of nitro benzene ring substituents is 1. The van der Waals surface area contributed by atoms with Crippen molar-refractivity contribution in [3.63, 3.8) is 0 Å². The van der Waals surface area contributed by atoms with E-state index < -0.39 is 16.6 Å². The highest BCUT2D eigenvalue weighted by Gasteiger charge is 2.14.